The van der Waals surface area contributed by atoms with Crippen LogP contribution in [0.5, 0.6) is 5.75 Å². The van der Waals surface area contributed by atoms with Crippen molar-refractivity contribution < 1.29 is 4.74 Å². The molecule has 3 aromatic rings. The first-order valence-corrected chi connectivity index (χ1v) is 7.32. The van der Waals surface area contributed by atoms with Crippen LogP contribution in [0.1, 0.15) is 4.88 Å². The first-order chi connectivity index (χ1) is 10.2. The lowest BCUT2D eigenvalue weighted by Gasteiger charge is -2.10. The van der Waals surface area contributed by atoms with E-state index in [4.69, 9.17) is 16.3 Å². The lowest BCUT2D eigenvalue weighted by atomic mass is 10.2. The van der Waals surface area contributed by atoms with Crippen molar-refractivity contribution in [3.63, 3.8) is 0 Å². The van der Waals surface area contributed by atoms with Crippen LogP contribution >= 0.6 is 22.9 Å². The second kappa shape index (κ2) is 6.11. The van der Waals surface area contributed by atoms with Crippen LogP contribution in [-0.2, 0) is 6.54 Å². The van der Waals surface area contributed by atoms with Gasteiger partial charge in [0, 0.05) is 28.9 Å². The Labute approximate surface area is 130 Å². The molecule has 0 fully saturated rings. The van der Waals surface area contributed by atoms with E-state index < -0.39 is 0 Å². The minimum Gasteiger partial charge on any atom is -0.497 e. The predicted octanol–water partition coefficient (Wildman–Crippen LogP) is 3.00. The molecule has 1 aromatic carbocycles. The monoisotopic (exact) mass is 321 g/mol. The Bertz CT molecular complexity index is 728. The summed E-state index contributed by atoms with van der Waals surface area (Å²) in [6, 6.07) is 5.78. The smallest absolute Gasteiger partial charge is 0.183 e. The molecule has 0 saturated heterocycles. The van der Waals surface area contributed by atoms with E-state index in [0.717, 1.165) is 22.0 Å². The van der Waals surface area contributed by atoms with Crippen LogP contribution in [0.15, 0.2) is 37.1 Å². The number of ether oxygens (including phenoxy) is 1. The zero-order valence-corrected chi connectivity index (χ0v) is 12.7. The van der Waals surface area contributed by atoms with Crippen LogP contribution in [0.3, 0.4) is 0 Å². The van der Waals surface area contributed by atoms with Gasteiger partial charge in [-0.25, -0.2) is 14.6 Å². The van der Waals surface area contributed by atoms with Gasteiger partial charge in [-0.1, -0.05) is 11.6 Å². The summed E-state index contributed by atoms with van der Waals surface area (Å²) in [5.41, 5.74) is 1.79. The van der Waals surface area contributed by atoms with Gasteiger partial charge in [-0.3, -0.25) is 0 Å². The lowest BCUT2D eigenvalue weighted by molar-refractivity contribution is 0.414. The molecule has 0 bridgehead atoms. The fraction of sp³-hybridized carbons (Fsp3) is 0.154. The molecular weight excluding hydrogens is 310 g/mol. The number of rotatable bonds is 5. The minimum atomic E-state index is 0.542. The minimum absolute atomic E-state index is 0.542. The molecule has 0 amide bonds. The van der Waals surface area contributed by atoms with E-state index in [-0.39, 0.29) is 0 Å². The topological polar surface area (TPSA) is 64.9 Å². The molecule has 0 atom stereocenters. The highest BCUT2D eigenvalue weighted by molar-refractivity contribution is 7.15. The van der Waals surface area contributed by atoms with Crippen molar-refractivity contribution in [3.05, 3.63) is 46.4 Å². The fourth-order valence-electron chi connectivity index (χ4n) is 1.83. The van der Waals surface area contributed by atoms with E-state index in [0.29, 0.717) is 11.0 Å². The van der Waals surface area contributed by atoms with Crippen LogP contribution in [-0.4, -0.2) is 26.9 Å². The third-order valence-corrected chi connectivity index (χ3v) is 3.92. The fourth-order valence-corrected chi connectivity index (χ4v) is 2.75. The van der Waals surface area contributed by atoms with Crippen LogP contribution in [0.25, 0.3) is 5.69 Å². The summed E-state index contributed by atoms with van der Waals surface area (Å²) >= 11 is 7.28. The Morgan fingerprint density at radius 1 is 1.38 bits per heavy atom. The largest absolute Gasteiger partial charge is 0.497 e. The first kappa shape index (κ1) is 13.8. The number of anilines is 1. The van der Waals surface area contributed by atoms with E-state index in [9.17, 15) is 0 Å². The lowest BCUT2D eigenvalue weighted by Crippen LogP contribution is -2.01. The van der Waals surface area contributed by atoms with E-state index in [1.54, 1.807) is 24.3 Å². The second-order valence-corrected chi connectivity index (χ2v) is 5.89. The van der Waals surface area contributed by atoms with Crippen LogP contribution in [0.2, 0.25) is 4.47 Å². The molecule has 21 heavy (non-hydrogen) atoms. The van der Waals surface area contributed by atoms with Gasteiger partial charge in [0.05, 0.1) is 19.3 Å². The van der Waals surface area contributed by atoms with Gasteiger partial charge in [0.2, 0.25) is 0 Å². The number of hydrogen-bond acceptors (Lipinski definition) is 6. The maximum absolute atomic E-state index is 5.82. The molecule has 1 N–H and O–H groups in total. The number of nitrogens with zero attached hydrogens (tertiary/aromatic N) is 4. The zero-order chi connectivity index (χ0) is 14.7. The second-order valence-electron chi connectivity index (χ2n) is 4.19. The predicted molar refractivity (Wildman–Crippen MR) is 82.4 cm³/mol. The van der Waals surface area contributed by atoms with Gasteiger partial charge in [0.25, 0.3) is 0 Å². The quantitative estimate of drug-likeness (QED) is 0.782. The molecule has 0 aliphatic carbocycles. The Kier molecular flexibility index (Phi) is 4.03. The Balaban J connectivity index is 1.82. The summed E-state index contributed by atoms with van der Waals surface area (Å²) in [5, 5.41) is 7.44. The van der Waals surface area contributed by atoms with Crippen molar-refractivity contribution in [1.82, 2.24) is 19.7 Å². The number of methoxy groups -OCH3 is 1. The summed E-state index contributed by atoms with van der Waals surface area (Å²) in [7, 11) is 1.63. The molecule has 108 valence electrons. The Morgan fingerprint density at radius 2 is 2.29 bits per heavy atom. The standard InChI is InChI=1S/C13H12ClN5OS/c1-20-11-3-9(16-5-12-6-17-13(14)21-12)2-10(4-11)19-8-15-7-18-19/h2-4,6-8,16H,5H2,1H3. The summed E-state index contributed by atoms with van der Waals surface area (Å²) in [5.74, 6) is 0.743. The number of benzene rings is 1. The van der Waals surface area contributed by atoms with Gasteiger partial charge in [-0.05, 0) is 6.07 Å². The summed E-state index contributed by atoms with van der Waals surface area (Å²) in [4.78, 5) is 9.03. The van der Waals surface area contributed by atoms with Crippen molar-refractivity contribution in [2.45, 2.75) is 6.54 Å². The van der Waals surface area contributed by atoms with Crippen molar-refractivity contribution in [2.24, 2.45) is 0 Å². The number of halogens is 1. The number of aromatic nitrogens is 4. The first-order valence-electron chi connectivity index (χ1n) is 6.13. The molecule has 0 aliphatic rings. The average molecular weight is 322 g/mol. The molecular formula is C13H12ClN5OS. The molecule has 2 heterocycles. The summed E-state index contributed by atoms with van der Waals surface area (Å²) in [6.07, 6.45) is 4.89. The van der Waals surface area contributed by atoms with Crippen LogP contribution in [0.4, 0.5) is 5.69 Å². The Morgan fingerprint density at radius 3 is 2.95 bits per heavy atom. The summed E-state index contributed by atoms with van der Waals surface area (Å²) < 4.78 is 7.54. The Hall–Kier alpha value is -2.12. The maximum Gasteiger partial charge on any atom is 0.183 e. The van der Waals surface area contributed by atoms with Crippen molar-refractivity contribution in [3.8, 4) is 11.4 Å². The maximum atomic E-state index is 5.82. The van der Waals surface area contributed by atoms with Crippen molar-refractivity contribution >= 4 is 28.6 Å². The van der Waals surface area contributed by atoms with Gasteiger partial charge in [-0.15, -0.1) is 11.3 Å². The molecule has 0 unspecified atom stereocenters. The van der Waals surface area contributed by atoms with Gasteiger partial charge in [0.1, 0.15) is 18.4 Å². The third kappa shape index (κ3) is 3.32. The normalized spacial score (nSPS) is 10.6. The van der Waals surface area contributed by atoms with E-state index in [2.05, 4.69) is 20.4 Å². The van der Waals surface area contributed by atoms with Gasteiger partial charge in [-0.2, -0.15) is 5.10 Å². The van der Waals surface area contributed by atoms with Crippen LogP contribution in [0, 0.1) is 0 Å². The molecule has 6 nitrogen and oxygen atoms in total. The zero-order valence-electron chi connectivity index (χ0n) is 11.2. The highest BCUT2D eigenvalue weighted by Gasteiger charge is 2.05. The van der Waals surface area contributed by atoms with Crippen molar-refractivity contribution in [2.75, 3.05) is 12.4 Å². The SMILES string of the molecule is COc1cc(NCc2cnc(Cl)s2)cc(-n2cncn2)c1. The third-order valence-electron chi connectivity index (χ3n) is 2.80. The number of hydrogen-bond donors (Lipinski definition) is 1. The molecule has 8 heteroatoms. The van der Waals surface area contributed by atoms with Gasteiger partial charge < -0.3 is 10.1 Å². The van der Waals surface area contributed by atoms with E-state index in [1.165, 1.54) is 17.7 Å². The number of nitrogens with one attached hydrogen (secondary N) is 1. The average Bonchev–Trinajstić information content (AvgIpc) is 3.16. The van der Waals surface area contributed by atoms with Gasteiger partial charge >= 0.3 is 0 Å². The molecule has 0 saturated carbocycles. The molecule has 0 spiro atoms. The van der Waals surface area contributed by atoms with Crippen molar-refractivity contribution in [1.29, 1.82) is 0 Å². The highest BCUT2D eigenvalue weighted by atomic mass is 35.5. The van der Waals surface area contributed by atoms with Crippen LogP contribution < -0.4 is 10.1 Å². The molecule has 0 radical (unpaired) electrons. The molecule has 3 rings (SSSR count). The number of thiazole rings is 1. The highest BCUT2D eigenvalue weighted by Crippen LogP contribution is 2.24. The molecule has 2 aromatic heterocycles. The summed E-state index contributed by atoms with van der Waals surface area (Å²) in [6.45, 7) is 0.647. The van der Waals surface area contributed by atoms with E-state index >= 15 is 0 Å². The van der Waals surface area contributed by atoms with E-state index in [1.807, 2.05) is 18.2 Å². The molecule has 0 aliphatic heterocycles. The van der Waals surface area contributed by atoms with Gasteiger partial charge in [0.15, 0.2) is 4.47 Å².